The molecule has 0 heterocycles. The van der Waals surface area contributed by atoms with Gasteiger partial charge in [0.05, 0.1) is 7.11 Å². The molecule has 0 saturated heterocycles. The molecule has 16 heavy (non-hydrogen) atoms. The maximum Gasteiger partial charge on any atom is 0.316 e. The number of amides is 1. The molecule has 4 heteroatoms. The molecule has 0 aliphatic rings. The lowest BCUT2D eigenvalue weighted by Crippen LogP contribution is -2.20. The lowest BCUT2D eigenvalue weighted by Gasteiger charge is -2.15. The van der Waals surface area contributed by atoms with Crippen molar-refractivity contribution in [3.05, 3.63) is 29.3 Å². The molecular formula is C12H16ClNO2. The van der Waals surface area contributed by atoms with Crippen LogP contribution in [-0.2, 0) is 13.0 Å². The van der Waals surface area contributed by atoms with Gasteiger partial charge in [-0.2, -0.15) is 0 Å². The summed E-state index contributed by atoms with van der Waals surface area (Å²) in [4.78, 5) is 12.4. The van der Waals surface area contributed by atoms with Crippen molar-refractivity contribution in [1.29, 1.82) is 0 Å². The van der Waals surface area contributed by atoms with Crippen LogP contribution in [0.3, 0.4) is 0 Å². The van der Waals surface area contributed by atoms with Crippen LogP contribution in [0, 0.1) is 0 Å². The molecule has 0 saturated carbocycles. The highest BCUT2D eigenvalue weighted by Gasteiger charge is 2.07. The lowest BCUT2D eigenvalue weighted by atomic mass is 10.1. The fourth-order valence-electron chi connectivity index (χ4n) is 1.54. The minimum absolute atomic E-state index is 0.450. The molecule has 0 spiro atoms. The van der Waals surface area contributed by atoms with Crippen LogP contribution >= 0.6 is 11.6 Å². The lowest BCUT2D eigenvalue weighted by molar-refractivity contribution is 0.230. The molecule has 0 unspecified atom stereocenters. The van der Waals surface area contributed by atoms with Crippen molar-refractivity contribution in [3.63, 3.8) is 0 Å². The number of methoxy groups -OCH3 is 1. The number of carbonyl (C=O) groups is 1. The van der Waals surface area contributed by atoms with E-state index in [0.717, 1.165) is 23.3 Å². The SMILES string of the molecule is CCc1cc(CN(C)C(=O)Cl)ccc1OC. The summed E-state index contributed by atoms with van der Waals surface area (Å²) in [5, 5.41) is -0.450. The van der Waals surface area contributed by atoms with Crippen LogP contribution in [0.25, 0.3) is 0 Å². The van der Waals surface area contributed by atoms with Crippen LogP contribution in [0.5, 0.6) is 5.75 Å². The average molecular weight is 242 g/mol. The average Bonchev–Trinajstić information content (AvgIpc) is 2.28. The van der Waals surface area contributed by atoms with E-state index in [2.05, 4.69) is 6.92 Å². The third-order valence-corrected chi connectivity index (χ3v) is 2.73. The van der Waals surface area contributed by atoms with E-state index in [4.69, 9.17) is 16.3 Å². The first kappa shape index (κ1) is 12.8. The van der Waals surface area contributed by atoms with E-state index in [0.29, 0.717) is 6.54 Å². The van der Waals surface area contributed by atoms with Gasteiger partial charge in [0, 0.05) is 13.6 Å². The number of hydrogen-bond donors (Lipinski definition) is 0. The Morgan fingerprint density at radius 1 is 1.50 bits per heavy atom. The highest BCUT2D eigenvalue weighted by molar-refractivity contribution is 6.62. The van der Waals surface area contributed by atoms with E-state index in [9.17, 15) is 4.79 Å². The number of carbonyl (C=O) groups excluding carboxylic acids is 1. The largest absolute Gasteiger partial charge is 0.496 e. The molecule has 0 N–H and O–H groups in total. The molecule has 0 aliphatic heterocycles. The summed E-state index contributed by atoms with van der Waals surface area (Å²) in [6, 6.07) is 5.89. The third kappa shape index (κ3) is 3.14. The molecule has 88 valence electrons. The number of hydrogen-bond acceptors (Lipinski definition) is 2. The molecule has 0 aliphatic carbocycles. The summed E-state index contributed by atoms with van der Waals surface area (Å²) >= 11 is 5.37. The zero-order valence-electron chi connectivity index (χ0n) is 9.79. The number of halogens is 1. The van der Waals surface area contributed by atoms with Gasteiger partial charge in [-0.25, -0.2) is 0 Å². The third-order valence-electron chi connectivity index (χ3n) is 2.45. The predicted octanol–water partition coefficient (Wildman–Crippen LogP) is 3.05. The van der Waals surface area contributed by atoms with Crippen molar-refractivity contribution in [2.45, 2.75) is 19.9 Å². The highest BCUT2D eigenvalue weighted by atomic mass is 35.5. The summed E-state index contributed by atoms with van der Waals surface area (Å²) in [5.74, 6) is 0.881. The van der Waals surface area contributed by atoms with Gasteiger partial charge >= 0.3 is 5.37 Å². The van der Waals surface area contributed by atoms with Gasteiger partial charge in [-0.1, -0.05) is 19.1 Å². The molecule has 0 aromatic heterocycles. The smallest absolute Gasteiger partial charge is 0.316 e. The van der Waals surface area contributed by atoms with Gasteiger partial charge in [-0.3, -0.25) is 4.79 Å². The van der Waals surface area contributed by atoms with E-state index < -0.39 is 5.37 Å². The summed E-state index contributed by atoms with van der Waals surface area (Å²) in [5.41, 5.74) is 2.18. The van der Waals surface area contributed by atoms with E-state index in [1.54, 1.807) is 14.2 Å². The Morgan fingerprint density at radius 2 is 2.19 bits per heavy atom. The van der Waals surface area contributed by atoms with Gasteiger partial charge in [0.2, 0.25) is 0 Å². The van der Waals surface area contributed by atoms with Gasteiger partial charge in [0.1, 0.15) is 5.75 Å². The topological polar surface area (TPSA) is 29.5 Å². The monoisotopic (exact) mass is 241 g/mol. The van der Waals surface area contributed by atoms with Crippen molar-refractivity contribution in [2.75, 3.05) is 14.2 Å². The van der Waals surface area contributed by atoms with Crippen molar-refractivity contribution in [1.82, 2.24) is 4.90 Å². The van der Waals surface area contributed by atoms with Crippen LogP contribution in [0.15, 0.2) is 18.2 Å². The highest BCUT2D eigenvalue weighted by Crippen LogP contribution is 2.21. The Balaban J connectivity index is 2.86. The number of aryl methyl sites for hydroxylation is 1. The first-order valence-corrected chi connectivity index (χ1v) is 5.52. The normalized spacial score (nSPS) is 10.0. The Kier molecular flexibility index (Phi) is 4.62. The van der Waals surface area contributed by atoms with Gasteiger partial charge < -0.3 is 9.64 Å². The van der Waals surface area contributed by atoms with Crippen molar-refractivity contribution in [2.24, 2.45) is 0 Å². The predicted molar refractivity (Wildman–Crippen MR) is 65.1 cm³/mol. The molecular weight excluding hydrogens is 226 g/mol. The standard InChI is InChI=1S/C12H16ClNO2/c1-4-10-7-9(5-6-11(10)16-3)8-14(2)12(13)15/h5-7H,4,8H2,1-3H3. The maximum atomic E-state index is 10.9. The Hall–Kier alpha value is -1.22. The molecule has 1 rings (SSSR count). The first-order valence-electron chi connectivity index (χ1n) is 5.14. The Bertz CT molecular complexity index is 379. The summed E-state index contributed by atoms with van der Waals surface area (Å²) < 4.78 is 5.24. The van der Waals surface area contributed by atoms with Gasteiger partial charge in [-0.15, -0.1) is 0 Å². The fourth-order valence-corrected chi connectivity index (χ4v) is 1.60. The Labute approximate surface area is 101 Å². The van der Waals surface area contributed by atoms with E-state index in [-0.39, 0.29) is 0 Å². The Morgan fingerprint density at radius 3 is 2.69 bits per heavy atom. The minimum Gasteiger partial charge on any atom is -0.496 e. The van der Waals surface area contributed by atoms with Gasteiger partial charge in [0.25, 0.3) is 0 Å². The number of benzene rings is 1. The quantitative estimate of drug-likeness (QED) is 0.599. The zero-order valence-corrected chi connectivity index (χ0v) is 10.5. The molecule has 0 bridgehead atoms. The summed E-state index contributed by atoms with van der Waals surface area (Å²) in [7, 11) is 3.33. The van der Waals surface area contributed by atoms with E-state index in [1.165, 1.54) is 4.90 Å². The molecule has 0 atom stereocenters. The number of ether oxygens (including phenoxy) is 1. The van der Waals surface area contributed by atoms with Crippen LogP contribution in [0.1, 0.15) is 18.1 Å². The second-order valence-electron chi connectivity index (χ2n) is 3.61. The molecule has 1 aromatic rings. The van der Waals surface area contributed by atoms with Gasteiger partial charge in [-0.05, 0) is 35.2 Å². The van der Waals surface area contributed by atoms with Crippen molar-refractivity contribution < 1.29 is 9.53 Å². The van der Waals surface area contributed by atoms with Crippen LogP contribution < -0.4 is 4.74 Å². The van der Waals surface area contributed by atoms with Gasteiger partial charge in [0.15, 0.2) is 0 Å². The molecule has 0 fully saturated rings. The van der Waals surface area contributed by atoms with Crippen LogP contribution in [0.4, 0.5) is 4.79 Å². The summed E-state index contributed by atoms with van der Waals surface area (Å²) in [6.07, 6.45) is 0.898. The van der Waals surface area contributed by atoms with E-state index >= 15 is 0 Å². The zero-order chi connectivity index (χ0) is 12.1. The molecule has 1 aromatic carbocycles. The number of rotatable bonds is 4. The fraction of sp³-hybridized carbons (Fsp3) is 0.417. The van der Waals surface area contributed by atoms with Crippen molar-refractivity contribution in [3.8, 4) is 5.75 Å². The molecule has 0 radical (unpaired) electrons. The summed E-state index contributed by atoms with van der Waals surface area (Å²) in [6.45, 7) is 2.58. The second-order valence-corrected chi connectivity index (χ2v) is 3.93. The van der Waals surface area contributed by atoms with Crippen molar-refractivity contribution >= 4 is 17.0 Å². The van der Waals surface area contributed by atoms with E-state index in [1.807, 2.05) is 18.2 Å². The van der Waals surface area contributed by atoms with Crippen LogP contribution in [0.2, 0.25) is 0 Å². The van der Waals surface area contributed by atoms with Crippen LogP contribution in [-0.4, -0.2) is 24.4 Å². The maximum absolute atomic E-state index is 10.9. The minimum atomic E-state index is -0.450. The second kappa shape index (κ2) is 5.75. The first-order chi connectivity index (χ1) is 7.58. The molecule has 1 amide bonds. The molecule has 3 nitrogen and oxygen atoms in total. The number of nitrogens with zero attached hydrogens (tertiary/aromatic N) is 1.